The minimum Gasteiger partial charge on any atom is -0.348 e. The van der Waals surface area contributed by atoms with Crippen LogP contribution in [0.2, 0.25) is 0 Å². The Bertz CT molecular complexity index is 724. The van der Waals surface area contributed by atoms with Crippen LogP contribution in [0.15, 0.2) is 30.3 Å². The maximum absolute atomic E-state index is 12.9. The van der Waals surface area contributed by atoms with Crippen LogP contribution in [0, 0.1) is 11.8 Å². The molecule has 1 spiro atoms. The molecule has 1 aromatic carbocycles. The van der Waals surface area contributed by atoms with Gasteiger partial charge in [0.25, 0.3) is 0 Å². The van der Waals surface area contributed by atoms with Crippen molar-refractivity contribution in [2.75, 3.05) is 13.2 Å². The molecule has 3 heterocycles. The number of Topliss-reactive ketones (excluding diaryl/α,β-unsaturated/α-hetero) is 1. The lowest BCUT2D eigenvalue weighted by Gasteiger charge is -2.57. The highest BCUT2D eigenvalue weighted by atomic mass is 79.9. The number of benzene rings is 1. The first-order valence-corrected chi connectivity index (χ1v) is 11.2. The molecule has 2 bridgehead atoms. The summed E-state index contributed by atoms with van der Waals surface area (Å²) >= 11 is 3.91. The number of hydrogen-bond acceptors (Lipinski definition) is 5. The number of carbonyl (C=O) groups is 1. The van der Waals surface area contributed by atoms with Crippen LogP contribution in [0.1, 0.15) is 50.5 Å². The molecule has 0 radical (unpaired) electrons. The van der Waals surface area contributed by atoms with Gasteiger partial charge in [0.05, 0.1) is 32.2 Å². The van der Waals surface area contributed by atoms with Crippen LogP contribution in [-0.4, -0.2) is 35.1 Å². The van der Waals surface area contributed by atoms with E-state index in [1.807, 2.05) is 30.3 Å². The van der Waals surface area contributed by atoms with Crippen molar-refractivity contribution in [1.29, 1.82) is 0 Å². The second-order valence-electron chi connectivity index (χ2n) is 8.60. The zero-order valence-corrected chi connectivity index (χ0v) is 17.6. The van der Waals surface area contributed by atoms with E-state index in [-0.39, 0.29) is 17.6 Å². The van der Waals surface area contributed by atoms with E-state index >= 15 is 0 Å². The molecule has 3 unspecified atom stereocenters. The van der Waals surface area contributed by atoms with Gasteiger partial charge in [-0.15, -0.1) is 0 Å². The van der Waals surface area contributed by atoms with Crippen LogP contribution in [0.5, 0.6) is 0 Å². The molecule has 3 atom stereocenters. The van der Waals surface area contributed by atoms with Gasteiger partial charge in [-0.1, -0.05) is 46.3 Å². The number of fused-ring (bicyclic) bond motifs is 3. The quantitative estimate of drug-likeness (QED) is 0.639. The van der Waals surface area contributed by atoms with E-state index in [0.29, 0.717) is 26.2 Å². The summed E-state index contributed by atoms with van der Waals surface area (Å²) in [5.74, 6) is -0.810. The molecule has 3 aliphatic heterocycles. The number of rotatable bonds is 4. The molecule has 6 rings (SSSR count). The first kappa shape index (κ1) is 19.2. The Labute approximate surface area is 174 Å². The zero-order valence-electron chi connectivity index (χ0n) is 16.0. The van der Waals surface area contributed by atoms with Crippen molar-refractivity contribution in [3.8, 4) is 0 Å². The largest absolute Gasteiger partial charge is 0.348 e. The average Bonchev–Trinajstić information content (AvgIpc) is 3.15. The van der Waals surface area contributed by atoms with Crippen LogP contribution >= 0.6 is 15.9 Å². The third-order valence-corrected chi connectivity index (χ3v) is 8.29. The summed E-state index contributed by atoms with van der Waals surface area (Å²) in [5.41, 5.74) is 1.09. The molecule has 5 nitrogen and oxygen atoms in total. The fraction of sp³-hybridized carbons (Fsp3) is 0.682. The minimum absolute atomic E-state index is 0.0980. The molecular weight excluding hydrogens is 424 g/mol. The third-order valence-electron chi connectivity index (χ3n) is 6.93. The van der Waals surface area contributed by atoms with E-state index in [2.05, 4.69) is 15.9 Å². The van der Waals surface area contributed by atoms with Crippen molar-refractivity contribution < 1.29 is 23.7 Å². The summed E-state index contributed by atoms with van der Waals surface area (Å²) in [7, 11) is 0. The van der Waals surface area contributed by atoms with Crippen molar-refractivity contribution in [1.82, 2.24) is 0 Å². The number of halogens is 1. The maximum Gasteiger partial charge on any atom is 0.177 e. The van der Waals surface area contributed by atoms with Gasteiger partial charge in [-0.2, -0.15) is 0 Å². The Kier molecular flexibility index (Phi) is 4.91. The Morgan fingerprint density at radius 1 is 1.04 bits per heavy atom. The van der Waals surface area contributed by atoms with Gasteiger partial charge < -0.3 is 18.9 Å². The minimum atomic E-state index is -0.819. The first-order chi connectivity index (χ1) is 13.5. The van der Waals surface area contributed by atoms with Gasteiger partial charge in [-0.05, 0) is 30.7 Å². The molecule has 0 amide bonds. The van der Waals surface area contributed by atoms with Gasteiger partial charge in [0, 0.05) is 19.3 Å². The van der Waals surface area contributed by atoms with E-state index in [4.69, 9.17) is 18.9 Å². The SMILES string of the molecule is O=C1CC2(OCc3ccccc3)CCC1C(Br)(C1CCC3(CC1)OCCO3)O2. The van der Waals surface area contributed by atoms with E-state index in [0.717, 1.165) is 44.1 Å². The topological polar surface area (TPSA) is 54.0 Å². The van der Waals surface area contributed by atoms with Crippen molar-refractivity contribution in [2.24, 2.45) is 11.8 Å². The van der Waals surface area contributed by atoms with Gasteiger partial charge in [0.1, 0.15) is 10.3 Å². The summed E-state index contributed by atoms with van der Waals surface area (Å²) in [5, 5.41) is 0. The maximum atomic E-state index is 12.9. The van der Waals surface area contributed by atoms with Crippen LogP contribution in [0.25, 0.3) is 0 Å². The second kappa shape index (κ2) is 7.17. The second-order valence-corrected chi connectivity index (χ2v) is 9.84. The van der Waals surface area contributed by atoms with Crippen molar-refractivity contribution in [3.05, 3.63) is 35.9 Å². The monoisotopic (exact) mass is 450 g/mol. The molecule has 2 aliphatic carbocycles. The van der Waals surface area contributed by atoms with Crippen LogP contribution in [-0.2, 0) is 30.3 Å². The fourth-order valence-corrected chi connectivity index (χ4v) is 6.65. The zero-order chi connectivity index (χ0) is 19.2. The van der Waals surface area contributed by atoms with Crippen LogP contribution in [0.4, 0.5) is 0 Å². The Balaban J connectivity index is 1.31. The lowest BCUT2D eigenvalue weighted by atomic mass is 9.69. The van der Waals surface area contributed by atoms with E-state index in [1.165, 1.54) is 0 Å². The van der Waals surface area contributed by atoms with Crippen LogP contribution < -0.4 is 0 Å². The average molecular weight is 451 g/mol. The molecule has 3 saturated heterocycles. The van der Waals surface area contributed by atoms with Gasteiger partial charge in [0.15, 0.2) is 11.6 Å². The number of ether oxygens (including phenoxy) is 4. The summed E-state index contributed by atoms with van der Waals surface area (Å²) < 4.78 is 24.0. The normalized spacial score (nSPS) is 37.6. The Morgan fingerprint density at radius 2 is 1.75 bits per heavy atom. The first-order valence-electron chi connectivity index (χ1n) is 10.4. The lowest BCUT2D eigenvalue weighted by molar-refractivity contribution is -0.330. The molecule has 28 heavy (non-hydrogen) atoms. The molecule has 152 valence electrons. The Morgan fingerprint density at radius 3 is 2.43 bits per heavy atom. The standard InChI is InChI=1S/C22H27BrO5/c23-22(17-6-9-20(10-7-17)25-12-13-26-20)18-8-11-21(28-22,14-19(18)24)27-15-16-4-2-1-3-5-16/h1-5,17-18H,6-15H2. The summed E-state index contributed by atoms with van der Waals surface area (Å²) in [6.07, 6.45) is 5.48. The lowest BCUT2D eigenvalue weighted by Crippen LogP contribution is -2.63. The molecule has 2 saturated carbocycles. The van der Waals surface area contributed by atoms with E-state index < -0.39 is 16.1 Å². The van der Waals surface area contributed by atoms with Crippen LogP contribution in [0.3, 0.4) is 0 Å². The Hall–Kier alpha value is -0.790. The van der Waals surface area contributed by atoms with Crippen molar-refractivity contribution in [2.45, 2.75) is 67.6 Å². The van der Waals surface area contributed by atoms with Gasteiger partial charge >= 0.3 is 0 Å². The molecule has 6 heteroatoms. The molecule has 5 fully saturated rings. The smallest absolute Gasteiger partial charge is 0.177 e. The van der Waals surface area contributed by atoms with Crippen molar-refractivity contribution >= 4 is 21.7 Å². The molecule has 5 aliphatic rings. The van der Waals surface area contributed by atoms with E-state index in [9.17, 15) is 4.79 Å². The summed E-state index contributed by atoms with van der Waals surface area (Å²) in [4.78, 5) is 12.9. The molecule has 1 aromatic rings. The third kappa shape index (κ3) is 3.27. The van der Waals surface area contributed by atoms with Gasteiger partial charge in [-0.3, -0.25) is 4.79 Å². The van der Waals surface area contributed by atoms with E-state index in [1.54, 1.807) is 0 Å². The fourth-order valence-electron chi connectivity index (χ4n) is 5.41. The predicted molar refractivity (Wildman–Crippen MR) is 106 cm³/mol. The summed E-state index contributed by atoms with van der Waals surface area (Å²) in [6, 6.07) is 10.1. The molecular formula is C22H27BrO5. The highest BCUT2D eigenvalue weighted by Crippen LogP contribution is 2.58. The highest BCUT2D eigenvalue weighted by Gasteiger charge is 2.62. The summed E-state index contributed by atoms with van der Waals surface area (Å²) in [6.45, 7) is 1.81. The molecule has 0 N–H and O–H groups in total. The highest BCUT2D eigenvalue weighted by molar-refractivity contribution is 9.10. The van der Waals surface area contributed by atoms with Gasteiger partial charge in [-0.25, -0.2) is 0 Å². The number of hydrogen-bond donors (Lipinski definition) is 0. The molecule has 0 aromatic heterocycles. The predicted octanol–water partition coefficient (Wildman–Crippen LogP) is 4.32. The number of carbonyl (C=O) groups excluding carboxylic acids is 1. The number of ketones is 1. The number of alkyl halides is 1. The van der Waals surface area contributed by atoms with Crippen molar-refractivity contribution in [3.63, 3.8) is 0 Å². The van der Waals surface area contributed by atoms with Gasteiger partial charge in [0.2, 0.25) is 0 Å².